The lowest BCUT2D eigenvalue weighted by molar-refractivity contribution is -0.393. The van der Waals surface area contributed by atoms with Crippen LogP contribution in [-0.4, -0.2) is 22.1 Å². The molecule has 1 aromatic rings. The first kappa shape index (κ1) is 13.7. The van der Waals surface area contributed by atoms with Crippen molar-refractivity contribution in [3.8, 4) is 0 Å². The molecule has 0 saturated carbocycles. The van der Waals surface area contributed by atoms with E-state index in [9.17, 15) is 20.2 Å². The van der Waals surface area contributed by atoms with Gasteiger partial charge in [0.15, 0.2) is 0 Å². The molecule has 0 bridgehead atoms. The van der Waals surface area contributed by atoms with Crippen molar-refractivity contribution in [3.63, 3.8) is 0 Å². The quantitative estimate of drug-likeness (QED) is 0.387. The molecule has 9 nitrogen and oxygen atoms in total. The van der Waals surface area contributed by atoms with Gasteiger partial charge in [0.05, 0.1) is 15.9 Å². The minimum Gasteiger partial charge on any atom is -0.400 e. The molecule has 16 heavy (non-hydrogen) atoms. The van der Waals surface area contributed by atoms with Crippen LogP contribution in [-0.2, 0) is 0 Å². The molecule has 0 fully saturated rings. The maximum Gasteiger partial charge on any atom is 0.300 e. The van der Waals surface area contributed by atoms with Crippen LogP contribution in [0, 0.1) is 20.2 Å². The van der Waals surface area contributed by atoms with Crippen LogP contribution in [0.1, 0.15) is 0 Å². The van der Waals surface area contributed by atoms with Gasteiger partial charge in [0, 0.05) is 13.2 Å². The largest absolute Gasteiger partial charge is 0.400 e. The highest BCUT2D eigenvalue weighted by Crippen LogP contribution is 2.27. The molecule has 88 valence electrons. The van der Waals surface area contributed by atoms with Crippen molar-refractivity contribution in [2.45, 2.75) is 0 Å². The third kappa shape index (κ3) is 3.15. The van der Waals surface area contributed by atoms with E-state index < -0.39 is 15.5 Å². The van der Waals surface area contributed by atoms with E-state index in [1.807, 2.05) is 0 Å². The summed E-state index contributed by atoms with van der Waals surface area (Å²) in [5.74, 6) is 4.99. The summed E-state index contributed by atoms with van der Waals surface area (Å²) in [5.41, 5.74) is 1.33. The van der Waals surface area contributed by atoms with Crippen molar-refractivity contribution in [1.82, 2.24) is 0 Å². The second-order valence-electron chi connectivity index (χ2n) is 2.36. The summed E-state index contributed by atoms with van der Waals surface area (Å²) in [6.45, 7) is 0. The van der Waals surface area contributed by atoms with Crippen LogP contribution in [0.4, 0.5) is 17.1 Å². The SMILES string of the molecule is CO.NNc1ccc([N+](=O)[O-])cc1[N+](=O)[O-]. The third-order valence-electron chi connectivity index (χ3n) is 1.54. The minimum atomic E-state index is -0.748. The fourth-order valence-corrected chi connectivity index (χ4v) is 0.907. The number of nitrogens with zero attached hydrogens (tertiary/aromatic N) is 2. The molecule has 4 N–H and O–H groups in total. The van der Waals surface area contributed by atoms with Gasteiger partial charge in [0.2, 0.25) is 0 Å². The van der Waals surface area contributed by atoms with Gasteiger partial charge in [-0.15, -0.1) is 0 Å². The van der Waals surface area contributed by atoms with E-state index in [1.54, 1.807) is 0 Å². The van der Waals surface area contributed by atoms with Gasteiger partial charge < -0.3 is 10.5 Å². The van der Waals surface area contributed by atoms with Gasteiger partial charge in [-0.2, -0.15) is 0 Å². The number of aliphatic hydroxyl groups excluding tert-OH is 1. The van der Waals surface area contributed by atoms with Crippen LogP contribution in [0.25, 0.3) is 0 Å². The average molecular weight is 230 g/mol. The summed E-state index contributed by atoms with van der Waals surface area (Å²) >= 11 is 0. The maximum atomic E-state index is 10.4. The van der Waals surface area contributed by atoms with Gasteiger partial charge >= 0.3 is 5.69 Å². The smallest absolute Gasteiger partial charge is 0.300 e. The second kappa shape index (κ2) is 6.27. The number of nitrogens with two attached hydrogens (primary N) is 1. The van der Waals surface area contributed by atoms with Crippen LogP contribution < -0.4 is 11.3 Å². The van der Waals surface area contributed by atoms with Crippen LogP contribution in [0.5, 0.6) is 0 Å². The molecule has 1 aromatic carbocycles. The molecule has 0 aromatic heterocycles. The fraction of sp³-hybridized carbons (Fsp3) is 0.143. The van der Waals surface area contributed by atoms with Gasteiger partial charge in [0.25, 0.3) is 5.69 Å². The number of rotatable bonds is 3. The highest BCUT2D eigenvalue weighted by molar-refractivity contribution is 5.64. The maximum absolute atomic E-state index is 10.4. The fourth-order valence-electron chi connectivity index (χ4n) is 0.907. The molecule has 0 radical (unpaired) electrons. The standard InChI is InChI=1S/C6H6N4O4.CH4O/c7-8-5-2-1-4(9(11)12)3-6(5)10(13)14;1-2/h1-3,8H,7H2;2H,1H3. The van der Waals surface area contributed by atoms with Crippen molar-refractivity contribution >= 4 is 17.1 Å². The van der Waals surface area contributed by atoms with Gasteiger partial charge in [-0.1, -0.05) is 0 Å². The minimum absolute atomic E-state index is 0.0283. The Hall–Kier alpha value is -2.26. The first-order chi connectivity index (χ1) is 7.56. The number of non-ortho nitro benzene ring substituents is 1. The number of hydrogen-bond acceptors (Lipinski definition) is 7. The lowest BCUT2D eigenvalue weighted by Gasteiger charge is -2.00. The number of nitro benzene ring substituents is 2. The molecular formula is C7H10N4O5. The highest BCUT2D eigenvalue weighted by atomic mass is 16.6. The molecule has 9 heteroatoms. The summed E-state index contributed by atoms with van der Waals surface area (Å²) in [6, 6.07) is 3.15. The Morgan fingerprint density at radius 2 is 1.81 bits per heavy atom. The lowest BCUT2D eigenvalue weighted by atomic mass is 10.2. The summed E-state index contributed by atoms with van der Waals surface area (Å²) in [6.07, 6.45) is 0. The second-order valence-corrected chi connectivity index (χ2v) is 2.36. The number of nitrogen functional groups attached to an aromatic ring is 1. The Balaban J connectivity index is 0.00000106. The van der Waals surface area contributed by atoms with Gasteiger partial charge in [-0.3, -0.25) is 26.1 Å². The van der Waals surface area contributed by atoms with Gasteiger partial charge in [-0.25, -0.2) is 0 Å². The Morgan fingerprint density at radius 1 is 1.25 bits per heavy atom. The number of aliphatic hydroxyl groups is 1. The molecule has 1 rings (SSSR count). The first-order valence-electron chi connectivity index (χ1n) is 3.90. The number of hydrogen-bond donors (Lipinski definition) is 3. The molecule has 0 heterocycles. The van der Waals surface area contributed by atoms with E-state index in [0.29, 0.717) is 0 Å². The summed E-state index contributed by atoms with van der Waals surface area (Å²) in [4.78, 5) is 19.3. The molecular weight excluding hydrogens is 220 g/mol. The average Bonchev–Trinajstić information content (AvgIpc) is 2.30. The Morgan fingerprint density at radius 3 is 2.19 bits per heavy atom. The topological polar surface area (TPSA) is 145 Å². The van der Waals surface area contributed by atoms with Gasteiger partial charge in [0.1, 0.15) is 5.69 Å². The first-order valence-corrected chi connectivity index (χ1v) is 3.90. The van der Waals surface area contributed by atoms with Crippen molar-refractivity contribution in [2.24, 2.45) is 5.84 Å². The van der Waals surface area contributed by atoms with E-state index in [1.165, 1.54) is 6.07 Å². The lowest BCUT2D eigenvalue weighted by Crippen LogP contribution is -2.09. The van der Waals surface area contributed by atoms with Crippen molar-refractivity contribution in [2.75, 3.05) is 12.5 Å². The van der Waals surface area contributed by atoms with Crippen LogP contribution in [0.2, 0.25) is 0 Å². The summed E-state index contributed by atoms with van der Waals surface area (Å²) < 4.78 is 0. The van der Waals surface area contributed by atoms with Gasteiger partial charge in [-0.05, 0) is 6.07 Å². The number of nitro groups is 2. The number of benzene rings is 1. The predicted molar refractivity (Wildman–Crippen MR) is 55.7 cm³/mol. The third-order valence-corrected chi connectivity index (χ3v) is 1.54. The zero-order chi connectivity index (χ0) is 12.7. The van der Waals surface area contributed by atoms with E-state index in [-0.39, 0.29) is 11.4 Å². The zero-order valence-electron chi connectivity index (χ0n) is 8.28. The number of hydrazine groups is 1. The highest BCUT2D eigenvalue weighted by Gasteiger charge is 2.18. The van der Waals surface area contributed by atoms with Crippen molar-refractivity contribution < 1.29 is 15.0 Å². The van der Waals surface area contributed by atoms with Crippen LogP contribution in [0.3, 0.4) is 0 Å². The zero-order valence-corrected chi connectivity index (χ0v) is 8.28. The molecule has 0 amide bonds. The summed E-state index contributed by atoms with van der Waals surface area (Å²) in [7, 11) is 1.00. The Kier molecular flexibility index (Phi) is 5.38. The molecule has 0 spiro atoms. The predicted octanol–water partition coefficient (Wildman–Crippen LogP) is 0.397. The van der Waals surface area contributed by atoms with Crippen LogP contribution in [0.15, 0.2) is 18.2 Å². The monoisotopic (exact) mass is 230 g/mol. The molecule has 0 aliphatic heterocycles. The van der Waals surface area contributed by atoms with E-state index in [4.69, 9.17) is 10.9 Å². The van der Waals surface area contributed by atoms with Crippen molar-refractivity contribution in [1.29, 1.82) is 0 Å². The molecule has 0 aliphatic rings. The summed E-state index contributed by atoms with van der Waals surface area (Å²) in [5, 5.41) is 27.7. The van der Waals surface area contributed by atoms with E-state index in [0.717, 1.165) is 19.2 Å². The molecule has 0 aliphatic carbocycles. The van der Waals surface area contributed by atoms with Crippen molar-refractivity contribution in [3.05, 3.63) is 38.4 Å². The van der Waals surface area contributed by atoms with E-state index >= 15 is 0 Å². The Labute approximate surface area is 89.8 Å². The molecule has 0 saturated heterocycles. The normalized spacial score (nSPS) is 8.69. The van der Waals surface area contributed by atoms with E-state index in [2.05, 4.69) is 5.43 Å². The number of nitrogens with one attached hydrogen (secondary N) is 1. The number of anilines is 1. The Bertz CT molecular complexity index is 394. The molecule has 0 atom stereocenters. The molecule has 0 unspecified atom stereocenters. The van der Waals surface area contributed by atoms with Crippen LogP contribution >= 0.6 is 0 Å².